The maximum atomic E-state index is 2.43. The first-order valence-corrected chi connectivity index (χ1v) is 17.3. The third-order valence-electron chi connectivity index (χ3n) is 10.1. The van der Waals surface area contributed by atoms with E-state index in [0.29, 0.717) is 0 Å². The zero-order valence-electron chi connectivity index (χ0n) is 29.7. The van der Waals surface area contributed by atoms with Gasteiger partial charge < -0.3 is 4.90 Å². The Kier molecular flexibility index (Phi) is 7.71. The summed E-state index contributed by atoms with van der Waals surface area (Å²) in [6.07, 6.45) is 4.51. The molecule has 240 valence electrons. The summed E-state index contributed by atoms with van der Waals surface area (Å²) in [5.41, 5.74) is 14.2. The van der Waals surface area contributed by atoms with E-state index in [-0.39, 0.29) is 16.2 Å². The van der Waals surface area contributed by atoms with Crippen molar-refractivity contribution >= 4 is 40.0 Å². The maximum Gasteiger partial charge on any atom is 0.0540 e. The molecule has 0 radical (unpaired) electrons. The van der Waals surface area contributed by atoms with Crippen molar-refractivity contribution in [2.24, 2.45) is 0 Å². The van der Waals surface area contributed by atoms with Gasteiger partial charge in [0.25, 0.3) is 0 Å². The van der Waals surface area contributed by atoms with E-state index in [2.05, 4.69) is 200 Å². The number of hydrogen-bond acceptors (Lipinski definition) is 1. The number of anilines is 3. The van der Waals surface area contributed by atoms with E-state index in [0.717, 1.165) is 5.69 Å². The van der Waals surface area contributed by atoms with E-state index >= 15 is 0 Å². The minimum Gasteiger partial charge on any atom is -0.310 e. The third kappa shape index (κ3) is 5.77. The highest BCUT2D eigenvalue weighted by molar-refractivity contribution is 5.99. The molecule has 6 aromatic rings. The van der Waals surface area contributed by atoms with Crippen LogP contribution in [0.3, 0.4) is 0 Å². The molecule has 0 atom stereocenters. The van der Waals surface area contributed by atoms with Gasteiger partial charge in [0.15, 0.2) is 0 Å². The van der Waals surface area contributed by atoms with Gasteiger partial charge in [0.1, 0.15) is 0 Å². The number of rotatable bonds is 5. The van der Waals surface area contributed by atoms with Gasteiger partial charge in [-0.05, 0) is 91.1 Å². The lowest BCUT2D eigenvalue weighted by atomic mass is 9.79. The molecule has 48 heavy (non-hydrogen) atoms. The summed E-state index contributed by atoms with van der Waals surface area (Å²) in [4.78, 5) is 2.43. The molecule has 0 fully saturated rings. The molecular weight excluding hydrogens is 579 g/mol. The lowest BCUT2D eigenvalue weighted by molar-refractivity contribution is 0.568. The van der Waals surface area contributed by atoms with Crippen LogP contribution in [0.1, 0.15) is 88.8 Å². The molecule has 6 aromatic carbocycles. The van der Waals surface area contributed by atoms with Gasteiger partial charge >= 0.3 is 0 Å². The van der Waals surface area contributed by atoms with Crippen LogP contribution in [-0.4, -0.2) is 0 Å². The Morgan fingerprint density at radius 2 is 1.08 bits per heavy atom. The Balaban J connectivity index is 1.30. The minimum absolute atomic E-state index is 0.0713. The van der Waals surface area contributed by atoms with E-state index in [1.807, 2.05) is 0 Å². The Labute approximate surface area is 287 Å². The van der Waals surface area contributed by atoms with Crippen molar-refractivity contribution < 1.29 is 0 Å². The first-order valence-electron chi connectivity index (χ1n) is 17.3. The Bertz CT molecular complexity index is 2130. The fourth-order valence-corrected chi connectivity index (χ4v) is 7.20. The second-order valence-corrected chi connectivity index (χ2v) is 16.0. The predicted molar refractivity (Wildman–Crippen MR) is 209 cm³/mol. The fourth-order valence-electron chi connectivity index (χ4n) is 7.20. The van der Waals surface area contributed by atoms with Gasteiger partial charge in [0.2, 0.25) is 0 Å². The van der Waals surface area contributed by atoms with Crippen LogP contribution in [0.25, 0.3) is 34.1 Å². The molecule has 1 heteroatoms. The third-order valence-corrected chi connectivity index (χ3v) is 10.1. The van der Waals surface area contributed by atoms with Gasteiger partial charge in [-0.2, -0.15) is 0 Å². The van der Waals surface area contributed by atoms with E-state index in [1.54, 1.807) is 0 Å². The quantitative estimate of drug-likeness (QED) is 0.172. The normalized spacial score (nSPS) is 13.9. The van der Waals surface area contributed by atoms with Crippen molar-refractivity contribution in [1.82, 2.24) is 0 Å². The number of nitrogens with zero attached hydrogens (tertiary/aromatic N) is 1. The van der Waals surface area contributed by atoms with Crippen molar-refractivity contribution in [2.45, 2.75) is 71.6 Å². The number of hydrogen-bond donors (Lipinski definition) is 0. The van der Waals surface area contributed by atoms with E-state index in [1.165, 1.54) is 66.7 Å². The molecule has 7 rings (SSSR count). The lowest BCUT2D eigenvalue weighted by Crippen LogP contribution is -2.16. The molecule has 0 amide bonds. The van der Waals surface area contributed by atoms with Gasteiger partial charge in [-0.15, -0.1) is 0 Å². The molecule has 0 saturated heterocycles. The largest absolute Gasteiger partial charge is 0.310 e. The summed E-state index contributed by atoms with van der Waals surface area (Å²) in [7, 11) is 0. The second kappa shape index (κ2) is 11.7. The van der Waals surface area contributed by atoms with Crippen molar-refractivity contribution in [2.75, 3.05) is 4.90 Å². The molecule has 0 bridgehead atoms. The Morgan fingerprint density at radius 1 is 0.500 bits per heavy atom. The van der Waals surface area contributed by atoms with Gasteiger partial charge in [-0.3, -0.25) is 0 Å². The lowest BCUT2D eigenvalue weighted by Gasteiger charge is -2.29. The van der Waals surface area contributed by atoms with Gasteiger partial charge in [0.05, 0.1) is 5.69 Å². The number of fused-ring (bicyclic) bond motifs is 4. The predicted octanol–water partition coefficient (Wildman–Crippen LogP) is 13.4. The Hall–Kier alpha value is -4.88. The summed E-state index contributed by atoms with van der Waals surface area (Å²) >= 11 is 0. The summed E-state index contributed by atoms with van der Waals surface area (Å²) in [5.74, 6) is 0. The molecule has 0 heterocycles. The average Bonchev–Trinajstić information content (AvgIpc) is 3.29. The van der Waals surface area contributed by atoms with Crippen molar-refractivity contribution in [3.8, 4) is 11.1 Å². The smallest absolute Gasteiger partial charge is 0.0540 e. The van der Waals surface area contributed by atoms with Crippen LogP contribution in [0.5, 0.6) is 0 Å². The van der Waals surface area contributed by atoms with E-state index in [4.69, 9.17) is 0 Å². The van der Waals surface area contributed by atoms with Gasteiger partial charge in [0, 0.05) is 22.2 Å². The van der Waals surface area contributed by atoms with Crippen molar-refractivity contribution in [3.05, 3.63) is 161 Å². The van der Waals surface area contributed by atoms with Crippen molar-refractivity contribution in [3.63, 3.8) is 0 Å². The molecule has 0 spiro atoms. The van der Waals surface area contributed by atoms with Crippen LogP contribution in [0.2, 0.25) is 0 Å². The molecule has 0 N–H and O–H groups in total. The van der Waals surface area contributed by atoms with Crippen LogP contribution in [0.4, 0.5) is 17.1 Å². The molecular formula is C47H47N. The van der Waals surface area contributed by atoms with Crippen LogP contribution in [0, 0.1) is 0 Å². The second-order valence-electron chi connectivity index (χ2n) is 16.0. The highest BCUT2D eigenvalue weighted by Crippen LogP contribution is 2.51. The Morgan fingerprint density at radius 3 is 1.79 bits per heavy atom. The minimum atomic E-state index is -0.0713. The fraction of sp³-hybridized carbons (Fsp3) is 0.234. The first-order chi connectivity index (χ1) is 22.8. The molecule has 1 aliphatic rings. The summed E-state index contributed by atoms with van der Waals surface area (Å²) in [6, 6.07) is 47.3. The van der Waals surface area contributed by atoms with Gasteiger partial charge in [-0.25, -0.2) is 0 Å². The summed E-state index contributed by atoms with van der Waals surface area (Å²) < 4.78 is 0. The zero-order chi connectivity index (χ0) is 33.8. The molecule has 0 unspecified atom stereocenters. The molecule has 0 aliphatic heterocycles. The average molecular weight is 626 g/mol. The molecule has 0 saturated carbocycles. The highest BCUT2D eigenvalue weighted by Gasteiger charge is 2.35. The topological polar surface area (TPSA) is 3.24 Å². The van der Waals surface area contributed by atoms with Crippen LogP contribution >= 0.6 is 0 Å². The molecule has 0 aromatic heterocycles. The first kappa shape index (κ1) is 31.7. The maximum absolute atomic E-state index is 2.43. The highest BCUT2D eigenvalue weighted by atomic mass is 15.1. The SMILES string of the molecule is CC(C)(C)c1cc(/C=C/c2ccc(N(c3ccc4c(c3)C(C)(C)c3ccccc3-4)c3cccc4ccccc34)cc2)cc(C(C)(C)C)c1. The summed E-state index contributed by atoms with van der Waals surface area (Å²) in [6.45, 7) is 18.5. The monoisotopic (exact) mass is 625 g/mol. The van der Waals surface area contributed by atoms with Crippen LogP contribution in [0.15, 0.2) is 127 Å². The molecule has 1 nitrogen and oxygen atoms in total. The summed E-state index contributed by atoms with van der Waals surface area (Å²) in [5, 5.41) is 2.47. The standard InChI is InChI=1S/C47H47N/c1-45(2,3)35-28-33(29-36(30-35)46(4,5)6)21-20-32-22-24-37(25-23-32)48(44-19-13-15-34-14-9-10-16-39(34)44)38-26-27-41-40-17-11-12-18-42(40)47(7,8)43(41)31-38/h9-31H,1-8H3/b21-20+. The van der Waals surface area contributed by atoms with Crippen LogP contribution < -0.4 is 4.90 Å². The van der Waals surface area contributed by atoms with Gasteiger partial charge in [-0.1, -0.05) is 165 Å². The van der Waals surface area contributed by atoms with Crippen molar-refractivity contribution in [1.29, 1.82) is 0 Å². The molecule has 1 aliphatic carbocycles. The van der Waals surface area contributed by atoms with E-state index in [9.17, 15) is 0 Å². The zero-order valence-corrected chi connectivity index (χ0v) is 29.7. The van der Waals surface area contributed by atoms with Crippen LogP contribution in [-0.2, 0) is 16.2 Å². The van der Waals surface area contributed by atoms with E-state index < -0.39 is 0 Å². The number of benzene rings is 6.